The number of hydrogen-bond donors (Lipinski definition) is 0. The molecule has 1 aliphatic heterocycles. The van der Waals surface area contributed by atoms with Crippen LogP contribution in [0.5, 0.6) is 5.75 Å². The SMILES string of the molecule is COc1cc(C)c(S(=O)(=O)N2CCc3cc(S(=O)(=O)N(C)C)ccc32)cc1C. The third kappa shape index (κ3) is 3.27. The van der Waals surface area contributed by atoms with Crippen LogP contribution >= 0.6 is 0 Å². The van der Waals surface area contributed by atoms with Gasteiger partial charge < -0.3 is 4.74 Å². The van der Waals surface area contributed by atoms with Crippen molar-refractivity contribution in [3.05, 3.63) is 47.0 Å². The van der Waals surface area contributed by atoms with Gasteiger partial charge in [0.05, 0.1) is 22.6 Å². The molecule has 0 saturated heterocycles. The van der Waals surface area contributed by atoms with Crippen LogP contribution < -0.4 is 9.04 Å². The number of methoxy groups -OCH3 is 1. The van der Waals surface area contributed by atoms with Crippen molar-refractivity contribution in [3.8, 4) is 5.75 Å². The fraction of sp³-hybridized carbons (Fsp3) is 0.368. The van der Waals surface area contributed by atoms with E-state index in [4.69, 9.17) is 4.74 Å². The highest BCUT2D eigenvalue weighted by Gasteiger charge is 2.33. The average Bonchev–Trinajstić information content (AvgIpc) is 3.06. The number of sulfonamides is 2. The summed E-state index contributed by atoms with van der Waals surface area (Å²) in [5.41, 5.74) is 2.56. The molecule has 0 aromatic heterocycles. The molecule has 0 unspecified atom stereocenters. The summed E-state index contributed by atoms with van der Waals surface area (Å²) in [6, 6.07) is 7.92. The molecular formula is C19H24N2O5S2. The van der Waals surface area contributed by atoms with Crippen LogP contribution in [-0.4, -0.2) is 48.9 Å². The first-order valence-corrected chi connectivity index (χ1v) is 11.6. The highest BCUT2D eigenvalue weighted by atomic mass is 32.2. The highest BCUT2D eigenvalue weighted by Crippen LogP contribution is 2.36. The Balaban J connectivity index is 2.06. The summed E-state index contributed by atoms with van der Waals surface area (Å²) < 4.78 is 59.1. The predicted octanol–water partition coefficient (Wildman–Crippen LogP) is 2.31. The van der Waals surface area contributed by atoms with E-state index in [2.05, 4.69) is 0 Å². The zero-order valence-corrected chi connectivity index (χ0v) is 18.2. The quantitative estimate of drug-likeness (QED) is 0.735. The van der Waals surface area contributed by atoms with Crippen molar-refractivity contribution in [3.63, 3.8) is 0 Å². The fourth-order valence-electron chi connectivity index (χ4n) is 3.35. The predicted molar refractivity (Wildman–Crippen MR) is 108 cm³/mol. The Bertz CT molecular complexity index is 1140. The van der Waals surface area contributed by atoms with Gasteiger partial charge in [-0.25, -0.2) is 21.1 Å². The molecule has 28 heavy (non-hydrogen) atoms. The van der Waals surface area contributed by atoms with Crippen LogP contribution in [0.25, 0.3) is 0 Å². The Labute approximate surface area is 166 Å². The summed E-state index contributed by atoms with van der Waals surface area (Å²) in [7, 11) is -2.87. The molecule has 7 nitrogen and oxygen atoms in total. The summed E-state index contributed by atoms with van der Waals surface area (Å²) in [5.74, 6) is 0.636. The minimum Gasteiger partial charge on any atom is -0.496 e. The molecule has 0 saturated carbocycles. The average molecular weight is 425 g/mol. The summed E-state index contributed by atoms with van der Waals surface area (Å²) in [6.45, 7) is 3.81. The lowest BCUT2D eigenvalue weighted by molar-refractivity contribution is 0.411. The van der Waals surface area contributed by atoms with Crippen molar-refractivity contribution in [2.75, 3.05) is 32.1 Å². The second kappa shape index (κ2) is 7.06. The van der Waals surface area contributed by atoms with Gasteiger partial charge in [-0.2, -0.15) is 0 Å². The molecule has 1 aliphatic rings. The van der Waals surface area contributed by atoms with E-state index in [1.165, 1.54) is 24.5 Å². The highest BCUT2D eigenvalue weighted by molar-refractivity contribution is 7.93. The Kier molecular flexibility index (Phi) is 5.20. The molecule has 0 N–H and O–H groups in total. The number of anilines is 1. The van der Waals surface area contributed by atoms with Crippen LogP contribution in [-0.2, 0) is 26.5 Å². The van der Waals surface area contributed by atoms with Gasteiger partial charge >= 0.3 is 0 Å². The molecule has 0 aliphatic carbocycles. The van der Waals surface area contributed by atoms with Gasteiger partial charge in [0, 0.05) is 20.6 Å². The second-order valence-corrected chi connectivity index (χ2v) is 11.0. The first-order valence-electron chi connectivity index (χ1n) is 8.73. The molecule has 2 aromatic carbocycles. The fourth-order valence-corrected chi connectivity index (χ4v) is 6.10. The van der Waals surface area contributed by atoms with E-state index in [1.54, 1.807) is 45.2 Å². The summed E-state index contributed by atoms with van der Waals surface area (Å²) in [5, 5.41) is 0. The lowest BCUT2D eigenvalue weighted by Crippen LogP contribution is -2.29. The van der Waals surface area contributed by atoms with Crippen LogP contribution in [0.15, 0.2) is 40.1 Å². The number of rotatable bonds is 5. The van der Waals surface area contributed by atoms with E-state index in [1.807, 2.05) is 0 Å². The zero-order chi connectivity index (χ0) is 20.9. The minimum absolute atomic E-state index is 0.159. The van der Waals surface area contributed by atoms with Crippen LogP contribution in [0.1, 0.15) is 16.7 Å². The summed E-state index contributed by atoms with van der Waals surface area (Å²) in [4.78, 5) is 0.385. The molecule has 2 aromatic rings. The normalized spacial score (nSPS) is 14.4. The molecule has 3 rings (SSSR count). The second-order valence-electron chi connectivity index (χ2n) is 6.99. The van der Waals surface area contributed by atoms with Crippen LogP contribution in [0.2, 0.25) is 0 Å². The number of hydrogen-bond acceptors (Lipinski definition) is 5. The van der Waals surface area contributed by atoms with E-state index in [0.717, 1.165) is 9.87 Å². The van der Waals surface area contributed by atoms with Gasteiger partial charge in [-0.15, -0.1) is 0 Å². The third-order valence-electron chi connectivity index (χ3n) is 4.94. The van der Waals surface area contributed by atoms with Crippen molar-refractivity contribution < 1.29 is 21.6 Å². The maximum Gasteiger partial charge on any atom is 0.264 e. The van der Waals surface area contributed by atoms with Gasteiger partial charge in [-0.3, -0.25) is 4.31 Å². The molecule has 1 heterocycles. The molecular weight excluding hydrogens is 400 g/mol. The van der Waals surface area contributed by atoms with Crippen molar-refractivity contribution in [1.29, 1.82) is 0 Å². The lowest BCUT2D eigenvalue weighted by Gasteiger charge is -2.22. The van der Waals surface area contributed by atoms with Gasteiger partial charge in [0.2, 0.25) is 10.0 Å². The van der Waals surface area contributed by atoms with E-state index in [-0.39, 0.29) is 16.3 Å². The van der Waals surface area contributed by atoms with Crippen molar-refractivity contribution in [2.45, 2.75) is 30.1 Å². The Morgan fingerprint density at radius 2 is 1.68 bits per heavy atom. The van der Waals surface area contributed by atoms with E-state index in [9.17, 15) is 16.8 Å². The van der Waals surface area contributed by atoms with Crippen LogP contribution in [0.4, 0.5) is 5.69 Å². The number of ether oxygens (including phenoxy) is 1. The summed E-state index contributed by atoms with van der Waals surface area (Å²) >= 11 is 0. The lowest BCUT2D eigenvalue weighted by atomic mass is 10.1. The van der Waals surface area contributed by atoms with Gasteiger partial charge in [-0.05, 0) is 67.3 Å². The number of benzene rings is 2. The van der Waals surface area contributed by atoms with Gasteiger partial charge in [0.25, 0.3) is 10.0 Å². The van der Waals surface area contributed by atoms with Crippen molar-refractivity contribution in [2.24, 2.45) is 0 Å². The van der Waals surface area contributed by atoms with Gasteiger partial charge in [-0.1, -0.05) is 0 Å². The Morgan fingerprint density at radius 1 is 1.00 bits per heavy atom. The maximum absolute atomic E-state index is 13.3. The van der Waals surface area contributed by atoms with Crippen LogP contribution in [0, 0.1) is 13.8 Å². The zero-order valence-electron chi connectivity index (χ0n) is 16.6. The molecule has 0 bridgehead atoms. The Hall–Kier alpha value is -2.10. The minimum atomic E-state index is -3.78. The van der Waals surface area contributed by atoms with E-state index >= 15 is 0 Å². The molecule has 152 valence electrons. The monoisotopic (exact) mass is 424 g/mol. The number of fused-ring (bicyclic) bond motifs is 1. The van der Waals surface area contributed by atoms with Crippen molar-refractivity contribution >= 4 is 25.7 Å². The first kappa shape index (κ1) is 20.6. The molecule has 0 radical (unpaired) electrons. The smallest absolute Gasteiger partial charge is 0.264 e. The van der Waals surface area contributed by atoms with Gasteiger partial charge in [0.1, 0.15) is 5.75 Å². The molecule has 0 spiro atoms. The molecule has 0 amide bonds. The standard InChI is InChI=1S/C19H24N2O5S2/c1-13-11-19(14(2)10-18(13)26-5)28(24,25)21-9-8-15-12-16(6-7-17(15)21)27(22,23)20(3)4/h6-7,10-12H,8-9H2,1-5H3. The number of nitrogens with zero attached hydrogens (tertiary/aromatic N) is 2. The Morgan fingerprint density at radius 3 is 2.29 bits per heavy atom. The first-order chi connectivity index (χ1) is 13.0. The van der Waals surface area contributed by atoms with E-state index in [0.29, 0.717) is 29.0 Å². The van der Waals surface area contributed by atoms with Gasteiger partial charge in [0.15, 0.2) is 0 Å². The van der Waals surface area contributed by atoms with E-state index < -0.39 is 20.0 Å². The number of aryl methyl sites for hydroxylation is 2. The molecule has 9 heteroatoms. The maximum atomic E-state index is 13.3. The van der Waals surface area contributed by atoms with Crippen molar-refractivity contribution in [1.82, 2.24) is 4.31 Å². The molecule has 0 fully saturated rings. The topological polar surface area (TPSA) is 84.0 Å². The summed E-state index contributed by atoms with van der Waals surface area (Å²) in [6.07, 6.45) is 0.458. The third-order valence-corrected chi connectivity index (χ3v) is 8.71. The molecule has 0 atom stereocenters. The van der Waals surface area contributed by atoms with Crippen LogP contribution in [0.3, 0.4) is 0 Å². The largest absolute Gasteiger partial charge is 0.496 e.